The molecule has 3 fully saturated rings. The van der Waals surface area contributed by atoms with Crippen molar-refractivity contribution in [3.63, 3.8) is 0 Å². The highest BCUT2D eigenvalue weighted by atomic mass is 127. The fourth-order valence-corrected chi connectivity index (χ4v) is 3.95. The summed E-state index contributed by atoms with van der Waals surface area (Å²) in [6, 6.07) is -0.558. The van der Waals surface area contributed by atoms with Gasteiger partial charge in [0.05, 0.1) is 0 Å². The lowest BCUT2D eigenvalue weighted by atomic mass is 10.1. The fourth-order valence-electron chi connectivity index (χ4n) is 3.95. The summed E-state index contributed by atoms with van der Waals surface area (Å²) in [5.74, 6) is 1.47. The summed E-state index contributed by atoms with van der Waals surface area (Å²) in [4.78, 5) is 11.0. The standard InChI is InChI=1S/C18H32F3N5.HI/c1-3-22-17(23-12-15-6-7-26(13-15)16-4-5-16)25-10-8-24(9-11-25)14(2)18(19,20)21;/h14-16H,3-13H2,1-2H3,(H,22,23);1H. The average molecular weight is 503 g/mol. The number of alkyl halides is 3. The average Bonchev–Trinajstić information content (AvgIpc) is 3.36. The Kier molecular flexibility index (Phi) is 8.48. The van der Waals surface area contributed by atoms with Gasteiger partial charge in [0.25, 0.3) is 0 Å². The molecule has 27 heavy (non-hydrogen) atoms. The van der Waals surface area contributed by atoms with Crippen LogP contribution < -0.4 is 5.32 Å². The van der Waals surface area contributed by atoms with Crippen LogP contribution in [0.4, 0.5) is 13.2 Å². The van der Waals surface area contributed by atoms with Crippen LogP contribution in [-0.2, 0) is 0 Å². The van der Waals surface area contributed by atoms with Crippen molar-refractivity contribution in [3.05, 3.63) is 0 Å². The number of nitrogens with one attached hydrogen (secondary N) is 1. The topological polar surface area (TPSA) is 34.1 Å². The van der Waals surface area contributed by atoms with Crippen LogP contribution in [0.3, 0.4) is 0 Å². The van der Waals surface area contributed by atoms with Gasteiger partial charge < -0.3 is 15.1 Å². The second kappa shape index (κ2) is 9.96. The smallest absolute Gasteiger partial charge is 0.357 e. The summed E-state index contributed by atoms with van der Waals surface area (Å²) in [6.07, 6.45) is -0.258. The summed E-state index contributed by atoms with van der Waals surface area (Å²) < 4.78 is 38.7. The highest BCUT2D eigenvalue weighted by Crippen LogP contribution is 2.31. The molecular formula is C18H33F3IN5. The first-order chi connectivity index (χ1) is 12.4. The van der Waals surface area contributed by atoms with Crippen molar-refractivity contribution >= 4 is 29.9 Å². The minimum Gasteiger partial charge on any atom is -0.357 e. The van der Waals surface area contributed by atoms with Crippen LogP contribution in [0.2, 0.25) is 0 Å². The Balaban J connectivity index is 0.00000261. The van der Waals surface area contributed by atoms with Gasteiger partial charge >= 0.3 is 6.18 Å². The first-order valence-corrected chi connectivity index (χ1v) is 9.96. The van der Waals surface area contributed by atoms with E-state index in [1.807, 2.05) is 6.92 Å². The third-order valence-electron chi connectivity index (χ3n) is 5.85. The number of rotatable bonds is 5. The van der Waals surface area contributed by atoms with E-state index < -0.39 is 12.2 Å². The molecule has 5 nitrogen and oxygen atoms in total. The summed E-state index contributed by atoms with van der Waals surface area (Å²) in [5.41, 5.74) is 0. The molecule has 0 aromatic carbocycles. The van der Waals surface area contributed by atoms with Gasteiger partial charge in [-0.3, -0.25) is 9.89 Å². The summed E-state index contributed by atoms with van der Waals surface area (Å²) in [6.45, 7) is 9.22. The summed E-state index contributed by atoms with van der Waals surface area (Å²) >= 11 is 0. The molecule has 2 aliphatic heterocycles. The van der Waals surface area contributed by atoms with E-state index >= 15 is 0 Å². The Morgan fingerprint density at radius 2 is 1.78 bits per heavy atom. The molecule has 1 N–H and O–H groups in total. The number of halogens is 4. The van der Waals surface area contributed by atoms with Crippen molar-refractivity contribution in [2.24, 2.45) is 10.9 Å². The van der Waals surface area contributed by atoms with E-state index in [-0.39, 0.29) is 24.0 Å². The van der Waals surface area contributed by atoms with Crippen molar-refractivity contribution < 1.29 is 13.2 Å². The Hall–Kier alpha value is -0.290. The molecule has 2 unspecified atom stereocenters. The van der Waals surface area contributed by atoms with Gasteiger partial charge in [-0.1, -0.05) is 0 Å². The van der Waals surface area contributed by atoms with Gasteiger partial charge in [-0.25, -0.2) is 0 Å². The molecule has 3 aliphatic rings. The molecule has 0 amide bonds. The second-order valence-corrected chi connectivity index (χ2v) is 7.82. The zero-order valence-corrected chi connectivity index (χ0v) is 18.7. The Labute approximate surface area is 177 Å². The van der Waals surface area contributed by atoms with E-state index in [4.69, 9.17) is 4.99 Å². The molecule has 3 rings (SSSR count). The molecule has 0 radical (unpaired) electrons. The van der Waals surface area contributed by atoms with Crippen LogP contribution in [0.5, 0.6) is 0 Å². The summed E-state index contributed by atoms with van der Waals surface area (Å²) in [5, 5.41) is 3.32. The number of nitrogens with zero attached hydrogens (tertiary/aromatic N) is 4. The second-order valence-electron chi connectivity index (χ2n) is 7.82. The zero-order chi connectivity index (χ0) is 18.7. The van der Waals surface area contributed by atoms with Gasteiger partial charge in [0, 0.05) is 51.9 Å². The molecule has 1 aliphatic carbocycles. The van der Waals surface area contributed by atoms with Gasteiger partial charge in [-0.2, -0.15) is 13.2 Å². The van der Waals surface area contributed by atoms with Crippen molar-refractivity contribution in [2.45, 2.75) is 51.4 Å². The van der Waals surface area contributed by atoms with Gasteiger partial charge in [0.1, 0.15) is 6.04 Å². The van der Waals surface area contributed by atoms with Crippen molar-refractivity contribution in [1.82, 2.24) is 20.0 Å². The predicted octanol–water partition coefficient (Wildman–Crippen LogP) is 2.62. The van der Waals surface area contributed by atoms with E-state index in [1.165, 1.54) is 37.6 Å². The number of guanidine groups is 1. The first-order valence-electron chi connectivity index (χ1n) is 9.96. The van der Waals surface area contributed by atoms with E-state index in [2.05, 4.69) is 15.1 Å². The van der Waals surface area contributed by atoms with Crippen molar-refractivity contribution in [3.8, 4) is 0 Å². The van der Waals surface area contributed by atoms with E-state index in [9.17, 15) is 13.2 Å². The monoisotopic (exact) mass is 503 g/mol. The van der Waals surface area contributed by atoms with Crippen LogP contribution in [0.25, 0.3) is 0 Å². The molecular weight excluding hydrogens is 470 g/mol. The van der Waals surface area contributed by atoms with E-state index in [0.717, 1.165) is 31.6 Å². The van der Waals surface area contributed by atoms with Gasteiger partial charge in [0.15, 0.2) is 5.96 Å². The van der Waals surface area contributed by atoms with E-state index in [1.54, 1.807) is 0 Å². The summed E-state index contributed by atoms with van der Waals surface area (Å²) in [7, 11) is 0. The highest BCUT2D eigenvalue weighted by molar-refractivity contribution is 14.0. The first kappa shape index (κ1) is 23.0. The lowest BCUT2D eigenvalue weighted by molar-refractivity contribution is -0.181. The van der Waals surface area contributed by atoms with Crippen LogP contribution in [0.1, 0.15) is 33.1 Å². The maximum atomic E-state index is 12.9. The molecule has 2 heterocycles. The van der Waals surface area contributed by atoms with Gasteiger partial charge in [-0.05, 0) is 45.6 Å². The van der Waals surface area contributed by atoms with Crippen LogP contribution in [-0.4, -0.2) is 91.3 Å². The van der Waals surface area contributed by atoms with Crippen LogP contribution in [0, 0.1) is 5.92 Å². The Morgan fingerprint density at radius 3 is 2.33 bits per heavy atom. The number of hydrogen-bond donors (Lipinski definition) is 1. The van der Waals surface area contributed by atoms with Crippen LogP contribution in [0.15, 0.2) is 4.99 Å². The Bertz CT molecular complexity index is 490. The number of aliphatic imine (C=N–C) groups is 1. The minimum atomic E-state index is -4.16. The molecule has 1 saturated carbocycles. The molecule has 0 spiro atoms. The maximum Gasteiger partial charge on any atom is 0.403 e. The molecule has 0 bridgehead atoms. The third-order valence-corrected chi connectivity index (χ3v) is 5.85. The molecule has 2 saturated heterocycles. The quantitative estimate of drug-likeness (QED) is 0.356. The molecule has 158 valence electrons. The fraction of sp³-hybridized carbons (Fsp3) is 0.944. The molecule has 0 aromatic rings. The maximum absolute atomic E-state index is 12.9. The lowest BCUT2D eigenvalue weighted by Gasteiger charge is -2.39. The SMILES string of the molecule is CCNC(=NCC1CCN(C2CC2)C1)N1CCN(C(C)C(F)(F)F)CC1.I. The largest absolute Gasteiger partial charge is 0.403 e. The van der Waals surface area contributed by atoms with Crippen molar-refractivity contribution in [1.29, 1.82) is 0 Å². The zero-order valence-electron chi connectivity index (χ0n) is 16.3. The minimum absolute atomic E-state index is 0. The molecule has 2 atom stereocenters. The Morgan fingerprint density at radius 1 is 1.11 bits per heavy atom. The number of hydrogen-bond acceptors (Lipinski definition) is 3. The normalized spacial score (nSPS) is 26.8. The van der Waals surface area contributed by atoms with Gasteiger partial charge in [-0.15, -0.1) is 24.0 Å². The third kappa shape index (κ3) is 6.35. The number of likely N-dealkylation sites (tertiary alicyclic amines) is 1. The van der Waals surface area contributed by atoms with Crippen molar-refractivity contribution in [2.75, 3.05) is 52.4 Å². The van der Waals surface area contributed by atoms with Gasteiger partial charge in [0.2, 0.25) is 0 Å². The lowest BCUT2D eigenvalue weighted by Crippen LogP contribution is -2.56. The van der Waals surface area contributed by atoms with E-state index in [0.29, 0.717) is 32.1 Å². The van der Waals surface area contributed by atoms with Crippen LogP contribution >= 0.6 is 24.0 Å². The highest BCUT2D eigenvalue weighted by Gasteiger charge is 2.41. The number of piperazine rings is 1. The molecule has 0 aromatic heterocycles. The molecule has 9 heteroatoms. The predicted molar refractivity (Wildman–Crippen MR) is 113 cm³/mol.